The van der Waals surface area contributed by atoms with E-state index in [0.29, 0.717) is 19.6 Å². The minimum atomic E-state index is -0.124. The highest BCUT2D eigenvalue weighted by Crippen LogP contribution is 2.03. The molecule has 0 aromatic heterocycles. The Morgan fingerprint density at radius 2 is 2.17 bits per heavy atom. The van der Waals surface area contributed by atoms with Gasteiger partial charge in [-0.2, -0.15) is 0 Å². The summed E-state index contributed by atoms with van der Waals surface area (Å²) >= 11 is 0. The Morgan fingerprint density at radius 1 is 1.50 bits per heavy atom. The first-order valence-electron chi connectivity index (χ1n) is 4.35. The van der Waals surface area contributed by atoms with Gasteiger partial charge in [0.05, 0.1) is 13.0 Å². The van der Waals surface area contributed by atoms with Crippen molar-refractivity contribution in [1.82, 2.24) is 0 Å². The van der Waals surface area contributed by atoms with Crippen molar-refractivity contribution in [3.8, 4) is 0 Å². The molecule has 0 aliphatic heterocycles. The molecule has 0 amide bonds. The number of ether oxygens (including phenoxy) is 2. The molecule has 12 heavy (non-hydrogen) atoms. The van der Waals surface area contributed by atoms with Gasteiger partial charge in [-0.25, -0.2) is 0 Å². The Hall–Kier alpha value is -0.570. The number of hydrogen-bond donors (Lipinski definition) is 0. The molecule has 72 valence electrons. The van der Waals surface area contributed by atoms with Gasteiger partial charge >= 0.3 is 5.97 Å². The molecule has 0 aliphatic carbocycles. The van der Waals surface area contributed by atoms with Gasteiger partial charge in [0.15, 0.2) is 0 Å². The Labute approximate surface area is 74.0 Å². The van der Waals surface area contributed by atoms with Crippen molar-refractivity contribution < 1.29 is 14.3 Å². The summed E-state index contributed by atoms with van der Waals surface area (Å²) in [6.45, 7) is 5.09. The van der Waals surface area contributed by atoms with Crippen LogP contribution < -0.4 is 0 Å². The van der Waals surface area contributed by atoms with E-state index in [0.717, 1.165) is 6.42 Å². The molecule has 3 nitrogen and oxygen atoms in total. The highest BCUT2D eigenvalue weighted by atomic mass is 16.5. The summed E-state index contributed by atoms with van der Waals surface area (Å²) in [7, 11) is 1.63. The molecule has 0 radical (unpaired) electrons. The minimum Gasteiger partial charge on any atom is -0.466 e. The molecule has 0 heterocycles. The fraction of sp³-hybridized carbons (Fsp3) is 0.889. The molecule has 0 spiro atoms. The highest BCUT2D eigenvalue weighted by Gasteiger charge is 2.08. The quantitative estimate of drug-likeness (QED) is 0.574. The van der Waals surface area contributed by atoms with Gasteiger partial charge < -0.3 is 9.47 Å². The molecule has 1 atom stereocenters. The number of hydrogen-bond acceptors (Lipinski definition) is 3. The van der Waals surface area contributed by atoms with E-state index < -0.39 is 0 Å². The molecular weight excluding hydrogens is 156 g/mol. The number of carbonyl (C=O) groups is 1. The average Bonchev–Trinajstić information content (AvgIpc) is 2.01. The maximum atomic E-state index is 11.0. The van der Waals surface area contributed by atoms with E-state index in [1.807, 2.05) is 13.8 Å². The maximum absolute atomic E-state index is 11.0. The van der Waals surface area contributed by atoms with Crippen molar-refractivity contribution >= 4 is 5.97 Å². The van der Waals surface area contributed by atoms with Crippen LogP contribution in [0.4, 0.5) is 0 Å². The zero-order valence-electron chi connectivity index (χ0n) is 8.13. The van der Waals surface area contributed by atoms with Crippen LogP contribution in [0.5, 0.6) is 0 Å². The van der Waals surface area contributed by atoms with Crippen LogP contribution in [0.25, 0.3) is 0 Å². The second-order valence-corrected chi connectivity index (χ2v) is 2.99. The Morgan fingerprint density at radius 3 is 2.67 bits per heavy atom. The maximum Gasteiger partial charge on any atom is 0.306 e. The Kier molecular flexibility index (Phi) is 6.76. The van der Waals surface area contributed by atoms with Crippen molar-refractivity contribution in [2.24, 2.45) is 5.92 Å². The number of esters is 1. The second kappa shape index (κ2) is 7.10. The first-order valence-corrected chi connectivity index (χ1v) is 4.35. The molecule has 0 aromatic carbocycles. The largest absolute Gasteiger partial charge is 0.466 e. The first kappa shape index (κ1) is 11.4. The zero-order chi connectivity index (χ0) is 9.40. The van der Waals surface area contributed by atoms with Crippen LogP contribution in [0, 0.1) is 5.92 Å². The lowest BCUT2D eigenvalue weighted by Gasteiger charge is -2.08. The highest BCUT2D eigenvalue weighted by molar-refractivity contribution is 5.69. The Balaban J connectivity index is 3.40. The number of carbonyl (C=O) groups excluding carboxylic acids is 1. The predicted molar refractivity (Wildman–Crippen MR) is 46.9 cm³/mol. The average molecular weight is 174 g/mol. The van der Waals surface area contributed by atoms with E-state index >= 15 is 0 Å². The van der Waals surface area contributed by atoms with Crippen LogP contribution in [0.3, 0.4) is 0 Å². The van der Waals surface area contributed by atoms with E-state index in [1.54, 1.807) is 7.11 Å². The van der Waals surface area contributed by atoms with Crippen LogP contribution in [0.15, 0.2) is 0 Å². The van der Waals surface area contributed by atoms with Crippen molar-refractivity contribution in [3.63, 3.8) is 0 Å². The van der Waals surface area contributed by atoms with Gasteiger partial charge in [0.1, 0.15) is 0 Å². The minimum absolute atomic E-state index is 0.124. The summed E-state index contributed by atoms with van der Waals surface area (Å²) in [4.78, 5) is 11.0. The molecule has 0 rings (SSSR count). The number of methoxy groups -OCH3 is 1. The monoisotopic (exact) mass is 174 g/mol. The molecule has 0 aromatic rings. The summed E-state index contributed by atoms with van der Waals surface area (Å²) in [5, 5.41) is 0. The normalized spacial score (nSPS) is 12.6. The molecule has 1 unspecified atom stereocenters. The third-order valence-corrected chi connectivity index (χ3v) is 1.43. The van der Waals surface area contributed by atoms with Crippen molar-refractivity contribution in [1.29, 1.82) is 0 Å². The third kappa shape index (κ3) is 6.16. The van der Waals surface area contributed by atoms with Gasteiger partial charge in [0.2, 0.25) is 0 Å². The molecular formula is C9H18O3. The molecule has 0 saturated heterocycles. The van der Waals surface area contributed by atoms with Gasteiger partial charge in [-0.05, 0) is 12.3 Å². The van der Waals surface area contributed by atoms with Crippen LogP contribution in [-0.2, 0) is 14.3 Å². The summed E-state index contributed by atoms with van der Waals surface area (Å²) in [5.41, 5.74) is 0. The molecule has 3 heteroatoms. The molecule has 0 N–H and O–H groups in total. The van der Waals surface area contributed by atoms with E-state index in [4.69, 9.17) is 9.47 Å². The first-order chi connectivity index (χ1) is 5.70. The van der Waals surface area contributed by atoms with Gasteiger partial charge in [-0.3, -0.25) is 4.79 Å². The van der Waals surface area contributed by atoms with Crippen LogP contribution >= 0.6 is 0 Å². The molecule has 0 aliphatic rings. The van der Waals surface area contributed by atoms with Crippen molar-refractivity contribution in [2.45, 2.75) is 26.7 Å². The van der Waals surface area contributed by atoms with Gasteiger partial charge in [0.25, 0.3) is 0 Å². The van der Waals surface area contributed by atoms with Crippen LogP contribution in [0.1, 0.15) is 26.7 Å². The van der Waals surface area contributed by atoms with Crippen LogP contribution in [0.2, 0.25) is 0 Å². The molecule has 0 saturated carbocycles. The second-order valence-electron chi connectivity index (χ2n) is 2.99. The third-order valence-electron chi connectivity index (χ3n) is 1.43. The van der Waals surface area contributed by atoms with Gasteiger partial charge in [-0.15, -0.1) is 0 Å². The fourth-order valence-electron chi connectivity index (χ4n) is 0.903. The zero-order valence-corrected chi connectivity index (χ0v) is 8.13. The summed E-state index contributed by atoms with van der Waals surface area (Å²) in [6.07, 6.45) is 1.33. The van der Waals surface area contributed by atoms with Gasteiger partial charge in [-0.1, -0.05) is 13.8 Å². The van der Waals surface area contributed by atoms with Gasteiger partial charge in [0, 0.05) is 13.7 Å². The SMILES string of the molecule is CCCOC(=O)CC(C)COC. The summed E-state index contributed by atoms with van der Waals surface area (Å²) in [5.74, 6) is 0.126. The van der Waals surface area contributed by atoms with E-state index in [9.17, 15) is 4.79 Å². The lowest BCUT2D eigenvalue weighted by atomic mass is 10.1. The topological polar surface area (TPSA) is 35.5 Å². The lowest BCUT2D eigenvalue weighted by Crippen LogP contribution is -2.13. The molecule has 0 fully saturated rings. The standard InChI is InChI=1S/C9H18O3/c1-4-5-12-9(10)6-8(2)7-11-3/h8H,4-7H2,1-3H3. The Bertz CT molecular complexity index is 123. The van der Waals surface area contributed by atoms with E-state index in [1.165, 1.54) is 0 Å². The summed E-state index contributed by atoms with van der Waals surface area (Å²) < 4.78 is 9.81. The predicted octanol–water partition coefficient (Wildman–Crippen LogP) is 1.61. The molecule has 0 bridgehead atoms. The number of rotatable bonds is 6. The van der Waals surface area contributed by atoms with E-state index in [-0.39, 0.29) is 11.9 Å². The smallest absolute Gasteiger partial charge is 0.306 e. The fourth-order valence-corrected chi connectivity index (χ4v) is 0.903. The lowest BCUT2D eigenvalue weighted by molar-refractivity contribution is -0.145. The van der Waals surface area contributed by atoms with Crippen LogP contribution in [-0.4, -0.2) is 26.3 Å². The van der Waals surface area contributed by atoms with Crippen molar-refractivity contribution in [2.75, 3.05) is 20.3 Å². The van der Waals surface area contributed by atoms with Crippen molar-refractivity contribution in [3.05, 3.63) is 0 Å². The van der Waals surface area contributed by atoms with E-state index in [2.05, 4.69) is 0 Å². The summed E-state index contributed by atoms with van der Waals surface area (Å²) in [6, 6.07) is 0.